The molecule has 1 aromatic heterocycles. The van der Waals surface area contributed by atoms with Crippen LogP contribution in [-0.4, -0.2) is 25.7 Å². The van der Waals surface area contributed by atoms with Crippen LogP contribution in [0.5, 0.6) is 5.75 Å². The minimum absolute atomic E-state index is 0.664. The third-order valence-electron chi connectivity index (χ3n) is 3.12. The zero-order chi connectivity index (χ0) is 15.2. The van der Waals surface area contributed by atoms with Gasteiger partial charge in [0.1, 0.15) is 5.75 Å². The van der Waals surface area contributed by atoms with Crippen LogP contribution in [-0.2, 0) is 6.54 Å². The molecule has 0 amide bonds. The Morgan fingerprint density at radius 2 is 2.19 bits per heavy atom. The van der Waals surface area contributed by atoms with Crippen LogP contribution < -0.4 is 15.0 Å². The first kappa shape index (κ1) is 15.8. The van der Waals surface area contributed by atoms with Crippen LogP contribution in [0.4, 0.5) is 10.8 Å². The number of methoxy groups -OCH3 is 1. The number of nitrogens with one attached hydrogen (secondary N) is 1. The lowest BCUT2D eigenvalue weighted by atomic mass is 10.2. The number of hydrogen-bond donors (Lipinski definition) is 1. The molecule has 0 saturated heterocycles. The Hall–Kier alpha value is -1.59. The first-order valence-electron chi connectivity index (χ1n) is 7.13. The average Bonchev–Trinajstić information content (AvgIpc) is 2.95. The van der Waals surface area contributed by atoms with Crippen molar-refractivity contribution in [3.8, 4) is 5.75 Å². The summed E-state index contributed by atoms with van der Waals surface area (Å²) in [6, 6.07) is 8.00. The van der Waals surface area contributed by atoms with Gasteiger partial charge in [-0.1, -0.05) is 19.9 Å². The van der Waals surface area contributed by atoms with Crippen LogP contribution in [0.3, 0.4) is 0 Å². The van der Waals surface area contributed by atoms with Crippen molar-refractivity contribution in [2.75, 3.05) is 25.6 Å². The molecule has 2 rings (SSSR count). The van der Waals surface area contributed by atoms with Crippen molar-refractivity contribution in [3.63, 3.8) is 0 Å². The second-order valence-electron chi connectivity index (χ2n) is 5.39. The molecule has 1 heterocycles. The van der Waals surface area contributed by atoms with Crippen LogP contribution in [0.25, 0.3) is 0 Å². The summed E-state index contributed by atoms with van der Waals surface area (Å²) in [4.78, 5) is 7.84. The van der Waals surface area contributed by atoms with Gasteiger partial charge in [0, 0.05) is 36.4 Å². The predicted molar refractivity (Wildman–Crippen MR) is 89.7 cm³/mol. The highest BCUT2D eigenvalue weighted by molar-refractivity contribution is 7.15. The smallest absolute Gasteiger partial charge is 0.189 e. The first-order chi connectivity index (χ1) is 10.1. The summed E-state index contributed by atoms with van der Waals surface area (Å²) in [6.07, 6.45) is 1.95. The van der Waals surface area contributed by atoms with Crippen molar-refractivity contribution in [1.82, 2.24) is 10.3 Å². The minimum atomic E-state index is 0.664. The van der Waals surface area contributed by atoms with Crippen LogP contribution in [0.1, 0.15) is 18.7 Å². The number of hydrogen-bond acceptors (Lipinski definition) is 5. The Balaban J connectivity index is 2.02. The molecule has 0 aliphatic heterocycles. The van der Waals surface area contributed by atoms with Gasteiger partial charge in [0.2, 0.25) is 0 Å². The lowest BCUT2D eigenvalue weighted by Crippen LogP contribution is -2.18. The van der Waals surface area contributed by atoms with Gasteiger partial charge in [-0.3, -0.25) is 0 Å². The predicted octanol–water partition coefficient (Wildman–Crippen LogP) is 3.67. The molecular weight excluding hydrogens is 282 g/mol. The van der Waals surface area contributed by atoms with Gasteiger partial charge < -0.3 is 15.0 Å². The number of ether oxygens (including phenoxy) is 1. The lowest BCUT2D eigenvalue weighted by Gasteiger charge is -2.16. The fourth-order valence-electron chi connectivity index (χ4n) is 1.95. The summed E-state index contributed by atoms with van der Waals surface area (Å²) in [5, 5.41) is 4.43. The van der Waals surface area contributed by atoms with Gasteiger partial charge in [0.05, 0.1) is 7.11 Å². The molecular formula is C16H23N3OS. The maximum atomic E-state index is 5.27. The maximum absolute atomic E-state index is 5.27. The quantitative estimate of drug-likeness (QED) is 0.847. The molecule has 0 unspecified atom stereocenters. The topological polar surface area (TPSA) is 37.4 Å². The summed E-state index contributed by atoms with van der Waals surface area (Å²) in [5.41, 5.74) is 1.07. The van der Waals surface area contributed by atoms with Crippen LogP contribution in [0, 0.1) is 5.92 Å². The zero-order valence-corrected chi connectivity index (χ0v) is 13.9. The zero-order valence-electron chi connectivity index (χ0n) is 13.1. The van der Waals surface area contributed by atoms with E-state index in [2.05, 4.69) is 35.1 Å². The number of aromatic nitrogens is 1. The van der Waals surface area contributed by atoms with E-state index in [1.165, 1.54) is 4.88 Å². The molecule has 0 fully saturated rings. The standard InChI is InChI=1S/C16H23N3OS/c1-12(2)9-17-10-15-11-18-16(21-15)19(3)13-6-5-7-14(8-13)20-4/h5-8,11-12,17H,9-10H2,1-4H3. The van der Waals surface area contributed by atoms with Gasteiger partial charge in [-0.05, 0) is 24.6 Å². The van der Waals surface area contributed by atoms with E-state index in [9.17, 15) is 0 Å². The number of benzene rings is 1. The fourth-order valence-corrected chi connectivity index (χ4v) is 2.81. The van der Waals surface area contributed by atoms with Crippen molar-refractivity contribution < 1.29 is 4.74 Å². The molecule has 0 saturated carbocycles. The van der Waals surface area contributed by atoms with E-state index in [1.54, 1.807) is 18.4 Å². The average molecular weight is 305 g/mol. The van der Waals surface area contributed by atoms with Gasteiger partial charge in [-0.25, -0.2) is 4.98 Å². The molecule has 4 nitrogen and oxygen atoms in total. The lowest BCUT2D eigenvalue weighted by molar-refractivity contribution is 0.415. The summed E-state index contributed by atoms with van der Waals surface area (Å²) in [7, 11) is 3.71. The minimum Gasteiger partial charge on any atom is -0.497 e. The van der Waals surface area contributed by atoms with Crippen molar-refractivity contribution >= 4 is 22.2 Å². The normalized spacial score (nSPS) is 10.9. The number of rotatable bonds is 7. The Bertz CT molecular complexity index is 568. The van der Waals surface area contributed by atoms with E-state index in [0.717, 1.165) is 29.7 Å². The van der Waals surface area contributed by atoms with Gasteiger partial charge in [-0.15, -0.1) is 11.3 Å². The molecule has 0 aliphatic carbocycles. The molecule has 21 heavy (non-hydrogen) atoms. The molecule has 1 N–H and O–H groups in total. The van der Waals surface area contributed by atoms with Crippen LogP contribution in [0.15, 0.2) is 30.5 Å². The summed E-state index contributed by atoms with van der Waals surface area (Å²) in [6.45, 7) is 6.32. The van der Waals surface area contributed by atoms with Crippen LogP contribution >= 0.6 is 11.3 Å². The molecule has 0 spiro atoms. The number of thiazole rings is 1. The van der Waals surface area contributed by atoms with Crippen molar-refractivity contribution in [1.29, 1.82) is 0 Å². The molecule has 0 atom stereocenters. The van der Waals surface area contributed by atoms with E-state index >= 15 is 0 Å². The number of anilines is 2. The Morgan fingerprint density at radius 3 is 2.90 bits per heavy atom. The maximum Gasteiger partial charge on any atom is 0.189 e. The Morgan fingerprint density at radius 1 is 1.38 bits per heavy atom. The summed E-state index contributed by atoms with van der Waals surface area (Å²) < 4.78 is 5.27. The van der Waals surface area contributed by atoms with Gasteiger partial charge in [-0.2, -0.15) is 0 Å². The van der Waals surface area contributed by atoms with Crippen molar-refractivity contribution in [2.24, 2.45) is 5.92 Å². The molecule has 0 aliphatic rings. The summed E-state index contributed by atoms with van der Waals surface area (Å²) in [5.74, 6) is 1.52. The number of nitrogens with zero attached hydrogens (tertiary/aromatic N) is 2. The van der Waals surface area contributed by atoms with Crippen molar-refractivity contribution in [2.45, 2.75) is 20.4 Å². The molecule has 114 valence electrons. The molecule has 0 radical (unpaired) electrons. The largest absolute Gasteiger partial charge is 0.497 e. The van der Waals surface area contributed by atoms with E-state index in [1.807, 2.05) is 31.4 Å². The van der Waals surface area contributed by atoms with E-state index < -0.39 is 0 Å². The van der Waals surface area contributed by atoms with E-state index in [4.69, 9.17) is 4.74 Å². The molecule has 0 bridgehead atoms. The summed E-state index contributed by atoms with van der Waals surface area (Å²) >= 11 is 1.71. The molecule has 5 heteroatoms. The van der Waals surface area contributed by atoms with Gasteiger partial charge in [0.25, 0.3) is 0 Å². The van der Waals surface area contributed by atoms with E-state index in [-0.39, 0.29) is 0 Å². The van der Waals surface area contributed by atoms with Crippen molar-refractivity contribution in [3.05, 3.63) is 35.3 Å². The molecule has 2 aromatic rings. The highest BCUT2D eigenvalue weighted by Gasteiger charge is 2.10. The third kappa shape index (κ3) is 4.44. The molecule has 1 aromatic carbocycles. The second-order valence-corrected chi connectivity index (χ2v) is 6.49. The monoisotopic (exact) mass is 305 g/mol. The highest BCUT2D eigenvalue weighted by Crippen LogP contribution is 2.29. The Labute approximate surface area is 130 Å². The van der Waals surface area contributed by atoms with E-state index in [0.29, 0.717) is 5.92 Å². The van der Waals surface area contributed by atoms with Crippen LogP contribution in [0.2, 0.25) is 0 Å². The SMILES string of the molecule is COc1cccc(N(C)c2ncc(CNCC(C)C)s2)c1. The highest BCUT2D eigenvalue weighted by atomic mass is 32.1. The third-order valence-corrected chi connectivity index (χ3v) is 4.19. The fraction of sp³-hybridized carbons (Fsp3) is 0.438. The van der Waals surface area contributed by atoms with Gasteiger partial charge >= 0.3 is 0 Å². The second kappa shape index (κ2) is 7.43. The Kier molecular flexibility index (Phi) is 5.59. The van der Waals surface area contributed by atoms with Gasteiger partial charge in [0.15, 0.2) is 5.13 Å². The first-order valence-corrected chi connectivity index (χ1v) is 7.95.